The molecule has 0 unspecified atom stereocenters. The molecule has 0 aliphatic carbocycles. The van der Waals surface area contributed by atoms with Crippen molar-refractivity contribution in [2.75, 3.05) is 39.4 Å². The number of ether oxygens (including phenoxy) is 1. The molecule has 1 saturated heterocycles. The molecule has 1 fully saturated rings. The van der Waals surface area contributed by atoms with E-state index in [0.29, 0.717) is 32.5 Å². The fourth-order valence-corrected chi connectivity index (χ4v) is 3.01. The van der Waals surface area contributed by atoms with E-state index >= 15 is 0 Å². The van der Waals surface area contributed by atoms with Gasteiger partial charge in [-0.15, -0.1) is 0 Å². The van der Waals surface area contributed by atoms with Crippen LogP contribution in [0.25, 0.3) is 0 Å². The Kier molecular flexibility index (Phi) is 7.59. The molecule has 0 saturated carbocycles. The molecule has 7 nitrogen and oxygen atoms in total. The Morgan fingerprint density at radius 3 is 2.54 bits per heavy atom. The molecule has 1 aliphatic rings. The number of hydrogen-bond acceptors (Lipinski definition) is 4. The van der Waals surface area contributed by atoms with Crippen LogP contribution in [0.1, 0.15) is 31.2 Å². The monoisotopic (exact) mass is 362 g/mol. The summed E-state index contributed by atoms with van der Waals surface area (Å²) in [6.45, 7) is 3.11. The first-order valence-corrected chi connectivity index (χ1v) is 8.90. The summed E-state index contributed by atoms with van der Waals surface area (Å²) in [4.78, 5) is 38.9. The number of carboxylic acids is 1. The Hall–Kier alpha value is -2.41. The molecule has 1 heterocycles. The summed E-state index contributed by atoms with van der Waals surface area (Å²) in [5.74, 6) is -1.60. The van der Waals surface area contributed by atoms with Crippen molar-refractivity contribution >= 4 is 17.8 Å². The minimum atomic E-state index is -1.06. The number of amides is 2. The molecule has 7 heteroatoms. The van der Waals surface area contributed by atoms with E-state index < -0.39 is 5.97 Å². The van der Waals surface area contributed by atoms with Gasteiger partial charge in [-0.25, -0.2) is 0 Å². The quantitative estimate of drug-likeness (QED) is 0.873. The second kappa shape index (κ2) is 9.91. The summed E-state index contributed by atoms with van der Waals surface area (Å²) in [7, 11) is 0. The van der Waals surface area contributed by atoms with Crippen LogP contribution in [-0.2, 0) is 19.1 Å². The Morgan fingerprint density at radius 2 is 1.85 bits per heavy atom. The van der Waals surface area contributed by atoms with Gasteiger partial charge in [0.2, 0.25) is 11.8 Å². The minimum absolute atomic E-state index is 0.0339. The van der Waals surface area contributed by atoms with Gasteiger partial charge >= 0.3 is 5.97 Å². The highest BCUT2D eigenvalue weighted by atomic mass is 16.5. The molecule has 1 N–H and O–H groups in total. The summed E-state index contributed by atoms with van der Waals surface area (Å²) in [6.07, 6.45) is 1.17. The largest absolute Gasteiger partial charge is 0.480 e. The predicted octanol–water partition coefficient (Wildman–Crippen LogP) is 1.34. The van der Waals surface area contributed by atoms with Crippen molar-refractivity contribution in [2.24, 2.45) is 0 Å². The summed E-state index contributed by atoms with van der Waals surface area (Å²) >= 11 is 0. The number of rotatable bonds is 4. The van der Waals surface area contributed by atoms with E-state index in [-0.39, 0.29) is 37.4 Å². The lowest BCUT2D eigenvalue weighted by atomic mass is 9.99. The van der Waals surface area contributed by atoms with Crippen molar-refractivity contribution in [3.05, 3.63) is 35.9 Å². The average molecular weight is 362 g/mol. The smallest absolute Gasteiger partial charge is 0.323 e. The minimum Gasteiger partial charge on any atom is -0.480 e. The molecule has 1 aromatic rings. The number of aliphatic carboxylic acids is 1. The summed E-state index contributed by atoms with van der Waals surface area (Å²) in [5, 5.41) is 8.97. The van der Waals surface area contributed by atoms with Crippen molar-refractivity contribution in [3.8, 4) is 0 Å². The first kappa shape index (κ1) is 19.9. The highest BCUT2D eigenvalue weighted by Crippen LogP contribution is 2.18. The number of benzene rings is 1. The van der Waals surface area contributed by atoms with Crippen LogP contribution in [0.5, 0.6) is 0 Å². The zero-order chi connectivity index (χ0) is 18.9. The third-order valence-corrected chi connectivity index (χ3v) is 4.46. The van der Waals surface area contributed by atoms with Crippen LogP contribution in [0.15, 0.2) is 30.3 Å². The number of carbonyl (C=O) groups is 3. The maximum absolute atomic E-state index is 12.9. The number of carboxylic acid groups (broad SMARTS) is 1. The molecule has 0 bridgehead atoms. The second-order valence-electron chi connectivity index (χ2n) is 6.43. The Morgan fingerprint density at radius 1 is 1.15 bits per heavy atom. The van der Waals surface area contributed by atoms with Crippen LogP contribution in [0.4, 0.5) is 0 Å². The van der Waals surface area contributed by atoms with E-state index in [9.17, 15) is 14.4 Å². The van der Waals surface area contributed by atoms with E-state index in [0.717, 1.165) is 5.56 Å². The summed E-state index contributed by atoms with van der Waals surface area (Å²) in [5.41, 5.74) is 0.964. The second-order valence-corrected chi connectivity index (χ2v) is 6.43. The Bertz CT molecular complexity index is 620. The van der Waals surface area contributed by atoms with E-state index in [1.807, 2.05) is 37.3 Å². The molecule has 26 heavy (non-hydrogen) atoms. The van der Waals surface area contributed by atoms with E-state index in [1.165, 1.54) is 4.90 Å². The zero-order valence-electron chi connectivity index (χ0n) is 15.1. The average Bonchev–Trinajstić information content (AvgIpc) is 2.67. The van der Waals surface area contributed by atoms with Gasteiger partial charge < -0.3 is 19.6 Å². The van der Waals surface area contributed by atoms with Crippen LogP contribution >= 0.6 is 0 Å². The molecular weight excluding hydrogens is 336 g/mol. The van der Waals surface area contributed by atoms with Crippen molar-refractivity contribution in [1.29, 1.82) is 0 Å². The zero-order valence-corrected chi connectivity index (χ0v) is 15.1. The summed E-state index contributed by atoms with van der Waals surface area (Å²) < 4.78 is 5.34. The highest BCUT2D eigenvalue weighted by molar-refractivity contribution is 5.83. The van der Waals surface area contributed by atoms with Crippen molar-refractivity contribution in [2.45, 2.75) is 25.7 Å². The van der Waals surface area contributed by atoms with Crippen LogP contribution in [0.2, 0.25) is 0 Å². The van der Waals surface area contributed by atoms with E-state index in [1.54, 1.807) is 4.90 Å². The molecule has 1 aliphatic heterocycles. The third kappa shape index (κ3) is 5.84. The first-order chi connectivity index (χ1) is 12.5. The van der Waals surface area contributed by atoms with Gasteiger partial charge in [0.1, 0.15) is 13.2 Å². The Balaban J connectivity index is 2.03. The molecule has 2 rings (SSSR count). The van der Waals surface area contributed by atoms with E-state index in [2.05, 4.69) is 0 Å². The molecule has 1 aromatic carbocycles. The van der Waals surface area contributed by atoms with Crippen LogP contribution in [-0.4, -0.2) is 72.1 Å². The maximum Gasteiger partial charge on any atom is 0.323 e. The van der Waals surface area contributed by atoms with Gasteiger partial charge in [0.15, 0.2) is 0 Å². The van der Waals surface area contributed by atoms with Crippen LogP contribution in [0, 0.1) is 0 Å². The molecule has 2 amide bonds. The fourth-order valence-electron chi connectivity index (χ4n) is 3.01. The predicted molar refractivity (Wildman–Crippen MR) is 95.7 cm³/mol. The normalized spacial score (nSPS) is 18.1. The third-order valence-electron chi connectivity index (χ3n) is 4.46. The molecule has 0 radical (unpaired) electrons. The van der Waals surface area contributed by atoms with Gasteiger partial charge in [-0.1, -0.05) is 30.3 Å². The highest BCUT2D eigenvalue weighted by Gasteiger charge is 2.23. The van der Waals surface area contributed by atoms with Crippen LogP contribution in [0.3, 0.4) is 0 Å². The molecule has 0 aromatic heterocycles. The molecule has 0 spiro atoms. The van der Waals surface area contributed by atoms with Gasteiger partial charge in [-0.3, -0.25) is 14.4 Å². The fraction of sp³-hybridized carbons (Fsp3) is 0.526. The first-order valence-electron chi connectivity index (χ1n) is 8.90. The molecular formula is C19H26N2O5. The SMILES string of the molecule is C[C@H](C(=O)N1CCCOCC(=O)N(CC(=O)O)CCC1)c1ccccc1. The lowest BCUT2D eigenvalue weighted by Crippen LogP contribution is -2.40. The summed E-state index contributed by atoms with van der Waals surface area (Å²) in [6, 6.07) is 9.61. The van der Waals surface area contributed by atoms with Gasteiger partial charge in [0, 0.05) is 26.2 Å². The standard InChI is InChI=1S/C19H26N2O5/c1-15(16-7-3-2-4-8-16)19(25)20-9-5-10-21(13-18(23)24)17(22)14-26-12-6-11-20/h2-4,7-8,15H,5-6,9-14H2,1H3,(H,23,24)/t15-/m0/s1. The topological polar surface area (TPSA) is 87.2 Å². The maximum atomic E-state index is 12.9. The number of carbonyl (C=O) groups excluding carboxylic acids is 2. The number of hydrogen-bond donors (Lipinski definition) is 1. The van der Waals surface area contributed by atoms with Crippen LogP contribution < -0.4 is 0 Å². The molecule has 142 valence electrons. The molecule has 1 atom stereocenters. The van der Waals surface area contributed by atoms with Crippen molar-refractivity contribution in [3.63, 3.8) is 0 Å². The number of nitrogens with zero attached hydrogens (tertiary/aromatic N) is 2. The van der Waals surface area contributed by atoms with Gasteiger partial charge in [-0.2, -0.15) is 0 Å². The van der Waals surface area contributed by atoms with Crippen molar-refractivity contribution in [1.82, 2.24) is 9.80 Å². The lowest BCUT2D eigenvalue weighted by Gasteiger charge is -2.27. The van der Waals surface area contributed by atoms with Gasteiger partial charge in [0.25, 0.3) is 0 Å². The van der Waals surface area contributed by atoms with Gasteiger partial charge in [-0.05, 0) is 25.3 Å². The van der Waals surface area contributed by atoms with Crippen molar-refractivity contribution < 1.29 is 24.2 Å². The Labute approximate surface area is 153 Å². The lowest BCUT2D eigenvalue weighted by molar-refractivity contribution is -0.146. The van der Waals surface area contributed by atoms with E-state index in [4.69, 9.17) is 9.84 Å². The van der Waals surface area contributed by atoms with Gasteiger partial charge in [0.05, 0.1) is 5.92 Å².